The second-order valence-corrected chi connectivity index (χ2v) is 6.62. The Balaban J connectivity index is 1.52. The Morgan fingerprint density at radius 1 is 1.21 bits per heavy atom. The van der Waals surface area contributed by atoms with Crippen LogP contribution >= 0.6 is 11.3 Å². The fourth-order valence-electron chi connectivity index (χ4n) is 2.86. The van der Waals surface area contributed by atoms with Crippen molar-refractivity contribution in [2.75, 3.05) is 32.9 Å². The summed E-state index contributed by atoms with van der Waals surface area (Å²) < 4.78 is 17.1. The Morgan fingerprint density at radius 2 is 2.08 bits per heavy atom. The molecule has 0 radical (unpaired) electrons. The number of carbonyl (C=O) groups excluding carboxylic acids is 1. The number of nitrogens with zero attached hydrogens (tertiary/aromatic N) is 2. The topological polar surface area (TPSA) is 60.9 Å². The summed E-state index contributed by atoms with van der Waals surface area (Å²) in [6, 6.07) is 5.38. The summed E-state index contributed by atoms with van der Waals surface area (Å²) in [5, 5.41) is 2.83. The lowest BCUT2D eigenvalue weighted by Crippen LogP contribution is -2.42. The van der Waals surface area contributed by atoms with Crippen molar-refractivity contribution in [2.24, 2.45) is 0 Å². The molecule has 1 aromatic heterocycles. The lowest BCUT2D eigenvalue weighted by Gasteiger charge is -2.32. The monoisotopic (exact) mass is 346 g/mol. The van der Waals surface area contributed by atoms with Crippen LogP contribution in [-0.4, -0.2) is 48.7 Å². The Kier molecular flexibility index (Phi) is 4.36. The van der Waals surface area contributed by atoms with E-state index in [1.807, 2.05) is 16.3 Å². The van der Waals surface area contributed by atoms with E-state index in [4.69, 9.17) is 14.2 Å². The number of thiazole rings is 1. The van der Waals surface area contributed by atoms with Gasteiger partial charge < -0.3 is 19.1 Å². The van der Waals surface area contributed by atoms with E-state index in [1.165, 1.54) is 0 Å². The number of ether oxygens (including phenoxy) is 3. The summed E-state index contributed by atoms with van der Waals surface area (Å²) in [7, 11) is 0. The maximum atomic E-state index is 12.8. The molecule has 126 valence electrons. The molecular weight excluding hydrogens is 328 g/mol. The molecule has 2 aliphatic rings. The molecule has 2 aromatic rings. The van der Waals surface area contributed by atoms with Gasteiger partial charge in [0.15, 0.2) is 11.5 Å². The number of morpholine rings is 1. The van der Waals surface area contributed by atoms with Crippen LogP contribution in [0.1, 0.15) is 27.9 Å². The first kappa shape index (κ1) is 15.4. The van der Waals surface area contributed by atoms with Crippen molar-refractivity contribution in [1.82, 2.24) is 9.88 Å². The van der Waals surface area contributed by atoms with Crippen molar-refractivity contribution >= 4 is 17.2 Å². The van der Waals surface area contributed by atoms with Crippen LogP contribution in [0, 0.1) is 0 Å². The summed E-state index contributed by atoms with van der Waals surface area (Å²) in [5.74, 6) is 1.32. The molecule has 1 saturated heterocycles. The van der Waals surface area contributed by atoms with E-state index in [1.54, 1.807) is 29.7 Å². The minimum Gasteiger partial charge on any atom is -0.490 e. The van der Waals surface area contributed by atoms with Crippen molar-refractivity contribution in [1.29, 1.82) is 0 Å². The number of hydrogen-bond acceptors (Lipinski definition) is 6. The Morgan fingerprint density at radius 3 is 2.92 bits per heavy atom. The first-order chi connectivity index (χ1) is 11.8. The molecule has 1 atom stereocenters. The molecule has 0 spiro atoms. The van der Waals surface area contributed by atoms with E-state index < -0.39 is 0 Å². The van der Waals surface area contributed by atoms with E-state index in [9.17, 15) is 4.79 Å². The van der Waals surface area contributed by atoms with Crippen LogP contribution in [0.5, 0.6) is 11.5 Å². The number of hydrogen-bond donors (Lipinski definition) is 0. The predicted molar refractivity (Wildman–Crippen MR) is 88.8 cm³/mol. The largest absolute Gasteiger partial charge is 0.490 e. The van der Waals surface area contributed by atoms with Gasteiger partial charge in [0, 0.05) is 30.1 Å². The Labute approximate surface area is 144 Å². The number of aromatic nitrogens is 1. The van der Waals surface area contributed by atoms with Crippen molar-refractivity contribution < 1.29 is 19.0 Å². The number of rotatable bonds is 2. The second kappa shape index (κ2) is 6.78. The zero-order valence-corrected chi connectivity index (χ0v) is 14.0. The van der Waals surface area contributed by atoms with Gasteiger partial charge in [-0.25, -0.2) is 4.98 Å². The second-order valence-electron chi connectivity index (χ2n) is 5.69. The van der Waals surface area contributed by atoms with Crippen LogP contribution < -0.4 is 9.47 Å². The van der Waals surface area contributed by atoms with E-state index in [0.29, 0.717) is 50.0 Å². The van der Waals surface area contributed by atoms with Gasteiger partial charge in [-0.05, 0) is 18.2 Å². The molecule has 1 unspecified atom stereocenters. The van der Waals surface area contributed by atoms with E-state index in [-0.39, 0.29) is 12.0 Å². The fraction of sp³-hybridized carbons (Fsp3) is 0.412. The zero-order valence-electron chi connectivity index (χ0n) is 13.1. The van der Waals surface area contributed by atoms with Gasteiger partial charge in [0.2, 0.25) is 0 Å². The maximum absolute atomic E-state index is 12.8. The minimum absolute atomic E-state index is 0.0181. The molecule has 0 bridgehead atoms. The van der Waals surface area contributed by atoms with Crippen LogP contribution in [0.25, 0.3) is 0 Å². The molecule has 24 heavy (non-hydrogen) atoms. The van der Waals surface area contributed by atoms with Gasteiger partial charge in [-0.1, -0.05) is 0 Å². The van der Waals surface area contributed by atoms with Crippen LogP contribution in [0.4, 0.5) is 0 Å². The highest BCUT2D eigenvalue weighted by molar-refractivity contribution is 7.09. The molecule has 3 heterocycles. The van der Waals surface area contributed by atoms with Crippen molar-refractivity contribution in [3.8, 4) is 11.5 Å². The van der Waals surface area contributed by atoms with E-state index in [2.05, 4.69) is 4.98 Å². The van der Waals surface area contributed by atoms with Crippen LogP contribution in [-0.2, 0) is 4.74 Å². The average Bonchev–Trinajstić information content (AvgIpc) is 3.06. The molecule has 0 aliphatic carbocycles. The Bertz CT molecular complexity index is 719. The molecule has 1 amide bonds. The standard InChI is InChI=1S/C17H18N2O4S/c20-17(12-2-3-13-14(10-12)22-7-1-6-21-13)19-5-8-23-15(11-19)16-18-4-9-24-16/h2-4,9-10,15H,1,5-8,11H2. The summed E-state index contributed by atoms with van der Waals surface area (Å²) >= 11 is 1.55. The van der Waals surface area contributed by atoms with Gasteiger partial charge in [-0.3, -0.25) is 4.79 Å². The fourth-order valence-corrected chi connectivity index (χ4v) is 3.53. The van der Waals surface area contributed by atoms with Crippen LogP contribution in [0.15, 0.2) is 29.8 Å². The molecule has 1 aromatic carbocycles. The molecule has 2 aliphatic heterocycles. The van der Waals surface area contributed by atoms with Crippen molar-refractivity contribution in [2.45, 2.75) is 12.5 Å². The highest BCUT2D eigenvalue weighted by atomic mass is 32.1. The van der Waals surface area contributed by atoms with Crippen molar-refractivity contribution in [3.05, 3.63) is 40.3 Å². The highest BCUT2D eigenvalue weighted by Crippen LogP contribution is 2.31. The normalized spacial score (nSPS) is 20.5. The number of amides is 1. The Hall–Kier alpha value is -2.12. The van der Waals surface area contributed by atoms with E-state index in [0.717, 1.165) is 11.4 Å². The molecule has 1 fully saturated rings. The van der Waals surface area contributed by atoms with Crippen LogP contribution in [0.3, 0.4) is 0 Å². The quantitative estimate of drug-likeness (QED) is 0.836. The molecule has 7 heteroatoms. The SMILES string of the molecule is O=C(c1ccc2c(c1)OCCCO2)N1CCOC(c2nccs2)C1. The molecule has 6 nitrogen and oxygen atoms in total. The number of carbonyl (C=O) groups is 1. The third-order valence-corrected chi connectivity index (χ3v) is 4.94. The molecule has 4 rings (SSSR count). The first-order valence-electron chi connectivity index (χ1n) is 8.01. The van der Waals surface area contributed by atoms with Gasteiger partial charge in [-0.2, -0.15) is 0 Å². The summed E-state index contributed by atoms with van der Waals surface area (Å²) in [5.41, 5.74) is 0.610. The van der Waals surface area contributed by atoms with Crippen LogP contribution in [0.2, 0.25) is 0 Å². The van der Waals surface area contributed by atoms with Gasteiger partial charge in [0.1, 0.15) is 11.1 Å². The minimum atomic E-state index is -0.150. The molecule has 0 N–H and O–H groups in total. The van der Waals surface area contributed by atoms with Gasteiger partial charge >= 0.3 is 0 Å². The average molecular weight is 346 g/mol. The third-order valence-electron chi connectivity index (χ3n) is 4.07. The molecular formula is C17H18N2O4S. The number of fused-ring (bicyclic) bond motifs is 1. The summed E-state index contributed by atoms with van der Waals surface area (Å²) in [6.07, 6.45) is 2.45. The predicted octanol–water partition coefficient (Wildman–Crippen LogP) is 2.52. The zero-order chi connectivity index (χ0) is 16.4. The molecule has 0 saturated carbocycles. The van der Waals surface area contributed by atoms with Crippen molar-refractivity contribution in [3.63, 3.8) is 0 Å². The summed E-state index contributed by atoms with van der Waals surface area (Å²) in [4.78, 5) is 19.0. The first-order valence-corrected chi connectivity index (χ1v) is 8.89. The lowest BCUT2D eigenvalue weighted by atomic mass is 10.1. The van der Waals surface area contributed by atoms with Gasteiger partial charge in [-0.15, -0.1) is 11.3 Å². The van der Waals surface area contributed by atoms with Gasteiger partial charge in [0.25, 0.3) is 5.91 Å². The van der Waals surface area contributed by atoms with Gasteiger partial charge in [0.05, 0.1) is 26.4 Å². The summed E-state index contributed by atoms with van der Waals surface area (Å²) in [6.45, 7) is 2.85. The number of benzene rings is 1. The van der Waals surface area contributed by atoms with E-state index >= 15 is 0 Å². The lowest BCUT2D eigenvalue weighted by molar-refractivity contribution is -0.0229. The highest BCUT2D eigenvalue weighted by Gasteiger charge is 2.28. The third kappa shape index (κ3) is 3.09. The maximum Gasteiger partial charge on any atom is 0.254 e. The smallest absolute Gasteiger partial charge is 0.254 e.